The molecule has 128 valence electrons. The van der Waals surface area contributed by atoms with Gasteiger partial charge in [0.05, 0.1) is 6.10 Å². The minimum Gasteiger partial charge on any atom is -0.387 e. The van der Waals surface area contributed by atoms with Gasteiger partial charge < -0.3 is 10.0 Å². The second-order valence-electron chi connectivity index (χ2n) is 7.04. The van der Waals surface area contributed by atoms with Crippen LogP contribution in [0.25, 0.3) is 0 Å². The van der Waals surface area contributed by atoms with E-state index in [1.165, 1.54) is 5.56 Å². The molecule has 1 aliphatic rings. The minimum atomic E-state index is -0.459. The molecule has 4 nitrogen and oxygen atoms in total. The molecule has 0 radical (unpaired) electrons. The van der Waals surface area contributed by atoms with Gasteiger partial charge >= 0.3 is 0 Å². The smallest absolute Gasteiger partial charge is 0.222 e. The van der Waals surface area contributed by atoms with Crippen molar-refractivity contribution >= 4 is 5.91 Å². The zero-order valence-electron chi connectivity index (χ0n) is 14.7. The summed E-state index contributed by atoms with van der Waals surface area (Å²) in [5.41, 5.74) is 2.17. The van der Waals surface area contributed by atoms with Crippen molar-refractivity contribution in [2.75, 3.05) is 32.7 Å². The Labute approximate surface area is 140 Å². The molecule has 2 rings (SSSR count). The quantitative estimate of drug-likeness (QED) is 0.877. The van der Waals surface area contributed by atoms with E-state index in [0.29, 0.717) is 18.9 Å². The van der Waals surface area contributed by atoms with Crippen molar-refractivity contribution in [2.45, 2.75) is 39.7 Å². The number of β-amino-alcohol motifs (C(OH)–C–C–N with tert-alkyl or cyclic N) is 1. The average molecular weight is 318 g/mol. The van der Waals surface area contributed by atoms with Crippen LogP contribution < -0.4 is 0 Å². The summed E-state index contributed by atoms with van der Waals surface area (Å²) in [6.45, 7) is 10.2. The van der Waals surface area contributed by atoms with Gasteiger partial charge in [0.25, 0.3) is 0 Å². The lowest BCUT2D eigenvalue weighted by atomic mass is 10.1. The van der Waals surface area contributed by atoms with Gasteiger partial charge in [-0.1, -0.05) is 43.7 Å². The van der Waals surface area contributed by atoms with E-state index < -0.39 is 6.10 Å². The lowest BCUT2D eigenvalue weighted by Gasteiger charge is -2.35. The van der Waals surface area contributed by atoms with Crippen molar-refractivity contribution in [2.24, 2.45) is 5.92 Å². The molecule has 0 bridgehead atoms. The number of aliphatic hydroxyl groups excluding tert-OH is 1. The van der Waals surface area contributed by atoms with Crippen LogP contribution in [-0.4, -0.2) is 53.5 Å². The van der Waals surface area contributed by atoms with E-state index in [0.717, 1.165) is 38.2 Å². The van der Waals surface area contributed by atoms with Gasteiger partial charge in [0.1, 0.15) is 0 Å². The largest absolute Gasteiger partial charge is 0.387 e. The number of rotatable bonds is 6. The Morgan fingerprint density at radius 1 is 1.13 bits per heavy atom. The second kappa shape index (κ2) is 8.46. The third-order valence-corrected chi connectivity index (χ3v) is 4.55. The van der Waals surface area contributed by atoms with E-state index in [1.807, 2.05) is 36.1 Å². The van der Waals surface area contributed by atoms with Gasteiger partial charge in [0, 0.05) is 39.1 Å². The number of benzene rings is 1. The van der Waals surface area contributed by atoms with Gasteiger partial charge in [-0.3, -0.25) is 9.69 Å². The predicted molar refractivity (Wildman–Crippen MR) is 93.2 cm³/mol. The fourth-order valence-corrected chi connectivity index (χ4v) is 2.89. The Bertz CT molecular complexity index is 491. The maximum absolute atomic E-state index is 12.1. The van der Waals surface area contributed by atoms with Crippen molar-refractivity contribution in [3.05, 3.63) is 35.4 Å². The van der Waals surface area contributed by atoms with Crippen molar-refractivity contribution < 1.29 is 9.90 Å². The third-order valence-electron chi connectivity index (χ3n) is 4.55. The predicted octanol–water partition coefficient (Wildman–Crippen LogP) is 2.61. The standard InChI is InChI=1S/C19H30N2O2/c1-15(2)4-9-19(23)21-12-10-20(11-13-21)14-18(22)17-7-5-16(3)6-8-17/h5-8,15,18,22H,4,9-14H2,1-3H3. The first kappa shape index (κ1) is 18.0. The fraction of sp³-hybridized carbons (Fsp3) is 0.632. The summed E-state index contributed by atoms with van der Waals surface area (Å²) < 4.78 is 0. The summed E-state index contributed by atoms with van der Waals surface area (Å²) in [6, 6.07) is 8.05. The van der Waals surface area contributed by atoms with Crippen LogP contribution in [0, 0.1) is 12.8 Å². The van der Waals surface area contributed by atoms with Gasteiger partial charge in [-0.05, 0) is 24.8 Å². The molecule has 1 fully saturated rings. The topological polar surface area (TPSA) is 43.8 Å². The molecule has 0 aromatic heterocycles. The lowest BCUT2D eigenvalue weighted by Crippen LogP contribution is -2.49. The van der Waals surface area contributed by atoms with Gasteiger partial charge in [-0.25, -0.2) is 0 Å². The molecular weight excluding hydrogens is 288 g/mol. The molecule has 0 saturated carbocycles. The van der Waals surface area contributed by atoms with E-state index in [9.17, 15) is 9.90 Å². The van der Waals surface area contributed by atoms with Crippen molar-refractivity contribution in [3.63, 3.8) is 0 Å². The van der Waals surface area contributed by atoms with E-state index in [2.05, 4.69) is 18.7 Å². The first-order valence-electron chi connectivity index (χ1n) is 8.70. The molecule has 4 heteroatoms. The Kier molecular flexibility index (Phi) is 6.60. The van der Waals surface area contributed by atoms with E-state index in [1.54, 1.807) is 0 Å². The number of carbonyl (C=O) groups excluding carboxylic acids is 1. The van der Waals surface area contributed by atoms with Crippen LogP contribution in [0.2, 0.25) is 0 Å². The lowest BCUT2D eigenvalue weighted by molar-refractivity contribution is -0.133. The second-order valence-corrected chi connectivity index (χ2v) is 7.04. The van der Waals surface area contributed by atoms with Gasteiger partial charge in [0.15, 0.2) is 0 Å². The molecule has 1 N–H and O–H groups in total. The van der Waals surface area contributed by atoms with Gasteiger partial charge in [-0.15, -0.1) is 0 Å². The van der Waals surface area contributed by atoms with Crippen LogP contribution in [0.5, 0.6) is 0 Å². The molecule has 1 aromatic rings. The number of hydrogen-bond donors (Lipinski definition) is 1. The Morgan fingerprint density at radius 3 is 2.30 bits per heavy atom. The normalized spacial score (nSPS) is 17.5. The Morgan fingerprint density at radius 2 is 1.74 bits per heavy atom. The number of hydrogen-bond acceptors (Lipinski definition) is 3. The summed E-state index contributed by atoms with van der Waals surface area (Å²) >= 11 is 0. The third kappa shape index (κ3) is 5.63. The summed E-state index contributed by atoms with van der Waals surface area (Å²) in [6.07, 6.45) is 1.16. The van der Waals surface area contributed by atoms with Crippen molar-refractivity contribution in [1.82, 2.24) is 9.80 Å². The maximum atomic E-state index is 12.1. The highest BCUT2D eigenvalue weighted by Crippen LogP contribution is 2.16. The molecule has 1 aromatic carbocycles. The monoisotopic (exact) mass is 318 g/mol. The number of aliphatic hydroxyl groups is 1. The SMILES string of the molecule is Cc1ccc(C(O)CN2CCN(C(=O)CCC(C)C)CC2)cc1. The first-order chi connectivity index (χ1) is 11.0. The van der Waals surface area contributed by atoms with Gasteiger partial charge in [-0.2, -0.15) is 0 Å². The highest BCUT2D eigenvalue weighted by atomic mass is 16.3. The van der Waals surface area contributed by atoms with Crippen LogP contribution >= 0.6 is 0 Å². The number of piperazine rings is 1. The van der Waals surface area contributed by atoms with E-state index in [4.69, 9.17) is 0 Å². The number of carbonyl (C=O) groups is 1. The van der Waals surface area contributed by atoms with Crippen molar-refractivity contribution in [1.29, 1.82) is 0 Å². The molecular formula is C19H30N2O2. The molecule has 1 atom stereocenters. The summed E-state index contributed by atoms with van der Waals surface area (Å²) in [4.78, 5) is 16.4. The zero-order valence-corrected chi connectivity index (χ0v) is 14.7. The van der Waals surface area contributed by atoms with Crippen LogP contribution in [0.4, 0.5) is 0 Å². The van der Waals surface area contributed by atoms with E-state index in [-0.39, 0.29) is 5.91 Å². The highest BCUT2D eigenvalue weighted by Gasteiger charge is 2.22. The summed E-state index contributed by atoms with van der Waals surface area (Å²) in [7, 11) is 0. The van der Waals surface area contributed by atoms with Gasteiger partial charge in [0.2, 0.25) is 5.91 Å². The molecule has 1 heterocycles. The zero-order chi connectivity index (χ0) is 16.8. The molecule has 1 aliphatic heterocycles. The van der Waals surface area contributed by atoms with Crippen LogP contribution in [-0.2, 0) is 4.79 Å². The Balaban J connectivity index is 1.76. The molecule has 1 amide bonds. The molecule has 0 aliphatic carbocycles. The number of aryl methyl sites for hydroxylation is 1. The Hall–Kier alpha value is -1.39. The number of amides is 1. The molecule has 1 saturated heterocycles. The van der Waals surface area contributed by atoms with Crippen LogP contribution in [0.15, 0.2) is 24.3 Å². The van der Waals surface area contributed by atoms with E-state index >= 15 is 0 Å². The van der Waals surface area contributed by atoms with Crippen molar-refractivity contribution in [3.8, 4) is 0 Å². The summed E-state index contributed by atoms with van der Waals surface area (Å²) in [5.74, 6) is 0.849. The average Bonchev–Trinajstić information content (AvgIpc) is 2.54. The molecule has 1 unspecified atom stereocenters. The molecule has 0 spiro atoms. The highest BCUT2D eigenvalue weighted by molar-refractivity contribution is 5.76. The van der Waals surface area contributed by atoms with Crippen LogP contribution in [0.3, 0.4) is 0 Å². The first-order valence-corrected chi connectivity index (χ1v) is 8.70. The summed E-state index contributed by atoms with van der Waals surface area (Å²) in [5, 5.41) is 10.4. The maximum Gasteiger partial charge on any atom is 0.222 e. The molecule has 23 heavy (non-hydrogen) atoms. The van der Waals surface area contributed by atoms with Crippen LogP contribution in [0.1, 0.15) is 43.9 Å². The minimum absolute atomic E-state index is 0.275. The fourth-order valence-electron chi connectivity index (χ4n) is 2.89. The number of nitrogens with zero attached hydrogens (tertiary/aromatic N) is 2.